The maximum atomic E-state index is 12.5. The molecule has 0 aliphatic carbocycles. The van der Waals surface area contributed by atoms with Gasteiger partial charge in [0.1, 0.15) is 5.75 Å². The lowest BCUT2D eigenvalue weighted by Gasteiger charge is -2.23. The smallest absolute Gasteiger partial charge is 0.232 e. The first-order valence-corrected chi connectivity index (χ1v) is 12.5. The molecule has 0 aromatic heterocycles. The molecule has 0 unspecified atom stereocenters. The number of ether oxygens (including phenoxy) is 1. The van der Waals surface area contributed by atoms with Crippen molar-refractivity contribution in [1.29, 1.82) is 0 Å². The van der Waals surface area contributed by atoms with Gasteiger partial charge in [-0.3, -0.25) is 9.10 Å². The molecule has 0 heterocycles. The van der Waals surface area contributed by atoms with Crippen LogP contribution in [0.15, 0.2) is 36.4 Å². The van der Waals surface area contributed by atoms with Gasteiger partial charge in [0.25, 0.3) is 0 Å². The molecule has 2 aromatic rings. The summed E-state index contributed by atoms with van der Waals surface area (Å²) < 4.78 is 31.3. The van der Waals surface area contributed by atoms with E-state index in [0.717, 1.165) is 11.1 Å². The second-order valence-electron chi connectivity index (χ2n) is 7.95. The lowest BCUT2D eigenvalue weighted by molar-refractivity contribution is -0.121. The summed E-state index contributed by atoms with van der Waals surface area (Å²) in [6.07, 6.45) is 1.84. The highest BCUT2D eigenvalue weighted by molar-refractivity contribution is 7.92. The van der Waals surface area contributed by atoms with Crippen LogP contribution in [0.5, 0.6) is 5.75 Å². The summed E-state index contributed by atoms with van der Waals surface area (Å²) in [6, 6.07) is 11.1. The minimum absolute atomic E-state index is 0.0923. The van der Waals surface area contributed by atoms with Crippen LogP contribution < -0.4 is 14.4 Å². The average molecular weight is 447 g/mol. The van der Waals surface area contributed by atoms with E-state index in [2.05, 4.69) is 31.3 Å². The Balaban J connectivity index is 1.97. The first-order valence-electron chi connectivity index (χ1n) is 10.6. The molecule has 0 fully saturated rings. The number of hydrogen-bond acceptors (Lipinski definition) is 4. The molecule has 0 spiro atoms. The number of anilines is 1. The van der Waals surface area contributed by atoms with Crippen LogP contribution in [0.1, 0.15) is 55.0 Å². The van der Waals surface area contributed by atoms with Gasteiger partial charge >= 0.3 is 0 Å². The predicted molar refractivity (Wildman–Crippen MR) is 126 cm³/mol. The molecule has 1 N–H and O–H groups in total. The van der Waals surface area contributed by atoms with Crippen molar-refractivity contribution in [3.63, 3.8) is 0 Å². The van der Waals surface area contributed by atoms with Gasteiger partial charge in [-0.2, -0.15) is 0 Å². The number of nitrogens with zero attached hydrogens (tertiary/aromatic N) is 1. The fraction of sp³-hybridized carbons (Fsp3) is 0.458. The molecule has 7 heteroatoms. The Hall–Kier alpha value is -2.54. The lowest BCUT2D eigenvalue weighted by atomic mass is 9.96. The monoisotopic (exact) mass is 446 g/mol. The van der Waals surface area contributed by atoms with Gasteiger partial charge in [0, 0.05) is 13.0 Å². The zero-order valence-corrected chi connectivity index (χ0v) is 20.2. The van der Waals surface area contributed by atoms with Crippen molar-refractivity contribution < 1.29 is 17.9 Å². The Morgan fingerprint density at radius 1 is 1.06 bits per heavy atom. The van der Waals surface area contributed by atoms with Gasteiger partial charge in [0.05, 0.1) is 24.6 Å². The normalized spacial score (nSPS) is 12.3. The molecular weight excluding hydrogens is 412 g/mol. The van der Waals surface area contributed by atoms with Crippen molar-refractivity contribution in [2.75, 3.05) is 23.7 Å². The van der Waals surface area contributed by atoms with E-state index >= 15 is 0 Å². The number of carbonyl (C=O) groups is 1. The van der Waals surface area contributed by atoms with Gasteiger partial charge in [-0.05, 0) is 87.6 Å². The highest BCUT2D eigenvalue weighted by Gasteiger charge is 2.18. The Bertz CT molecular complexity index is 1000. The molecule has 0 aliphatic heterocycles. The van der Waals surface area contributed by atoms with Crippen LogP contribution in [-0.4, -0.2) is 33.7 Å². The summed E-state index contributed by atoms with van der Waals surface area (Å²) in [5, 5.41) is 3.03. The van der Waals surface area contributed by atoms with Crippen molar-refractivity contribution in [3.8, 4) is 5.75 Å². The van der Waals surface area contributed by atoms with Gasteiger partial charge in [-0.15, -0.1) is 0 Å². The van der Waals surface area contributed by atoms with Gasteiger partial charge in [-0.1, -0.05) is 12.1 Å². The van der Waals surface area contributed by atoms with Crippen LogP contribution >= 0.6 is 0 Å². The van der Waals surface area contributed by atoms with E-state index in [1.54, 1.807) is 24.3 Å². The summed E-state index contributed by atoms with van der Waals surface area (Å²) in [6.45, 7) is 10.8. The molecule has 1 atom stereocenters. The van der Waals surface area contributed by atoms with Crippen molar-refractivity contribution in [1.82, 2.24) is 5.32 Å². The molecule has 2 rings (SSSR count). The number of nitrogens with one attached hydrogen (secondary N) is 1. The quantitative estimate of drug-likeness (QED) is 0.586. The highest BCUT2D eigenvalue weighted by atomic mass is 32.2. The minimum Gasteiger partial charge on any atom is -0.494 e. The molecule has 0 saturated heterocycles. The molecule has 170 valence electrons. The molecule has 0 saturated carbocycles. The standard InChI is InChI=1S/C24H34N2O4S/c1-7-30-22-12-10-21(11-13-22)26(31(6,28)29)14-8-9-24(27)25-20(5)23-16-18(3)17(2)15-19(23)4/h10-13,15-16,20H,7-9,14H2,1-6H3,(H,25,27)/t20-/m0/s1. The number of carbonyl (C=O) groups excluding carboxylic acids is 1. The third-order valence-electron chi connectivity index (χ3n) is 5.33. The molecule has 6 nitrogen and oxygen atoms in total. The van der Waals surface area contributed by atoms with Crippen molar-refractivity contribution >= 4 is 21.6 Å². The van der Waals surface area contributed by atoms with E-state index in [1.807, 2.05) is 20.8 Å². The van der Waals surface area contributed by atoms with Crippen LogP contribution in [0.4, 0.5) is 5.69 Å². The van der Waals surface area contributed by atoms with Crippen molar-refractivity contribution in [3.05, 3.63) is 58.7 Å². The average Bonchev–Trinajstić information content (AvgIpc) is 2.68. The third-order valence-corrected chi connectivity index (χ3v) is 6.52. The number of aryl methyl sites for hydroxylation is 3. The van der Waals surface area contributed by atoms with Crippen LogP contribution in [0.3, 0.4) is 0 Å². The fourth-order valence-corrected chi connectivity index (χ4v) is 4.55. The van der Waals surface area contributed by atoms with E-state index < -0.39 is 10.0 Å². The van der Waals surface area contributed by atoms with Gasteiger partial charge < -0.3 is 10.1 Å². The third kappa shape index (κ3) is 6.99. The molecule has 0 bridgehead atoms. The molecule has 0 aliphatic rings. The number of benzene rings is 2. The maximum absolute atomic E-state index is 12.5. The van der Waals surface area contributed by atoms with Gasteiger partial charge in [0.2, 0.25) is 15.9 Å². The zero-order valence-electron chi connectivity index (χ0n) is 19.4. The lowest BCUT2D eigenvalue weighted by Crippen LogP contribution is -2.32. The van der Waals surface area contributed by atoms with Crippen molar-refractivity contribution in [2.24, 2.45) is 0 Å². The van der Waals surface area contributed by atoms with E-state index in [0.29, 0.717) is 24.5 Å². The minimum atomic E-state index is -3.46. The fourth-order valence-electron chi connectivity index (χ4n) is 3.59. The van der Waals surface area contributed by atoms with Crippen LogP contribution in [0.2, 0.25) is 0 Å². The topological polar surface area (TPSA) is 75.7 Å². The second-order valence-corrected chi connectivity index (χ2v) is 9.85. The SMILES string of the molecule is CCOc1ccc(N(CCCC(=O)N[C@@H](C)c2cc(C)c(C)cc2C)S(C)(=O)=O)cc1. The van der Waals surface area contributed by atoms with Crippen LogP contribution in [0.25, 0.3) is 0 Å². The van der Waals surface area contributed by atoms with E-state index in [-0.39, 0.29) is 24.9 Å². The van der Waals surface area contributed by atoms with E-state index in [1.165, 1.54) is 21.7 Å². The van der Waals surface area contributed by atoms with Crippen molar-refractivity contribution in [2.45, 2.75) is 53.5 Å². The van der Waals surface area contributed by atoms with Crippen LogP contribution in [-0.2, 0) is 14.8 Å². The highest BCUT2D eigenvalue weighted by Crippen LogP contribution is 2.23. The Morgan fingerprint density at radius 3 is 2.26 bits per heavy atom. The Kier molecular flexibility index (Phi) is 8.51. The summed E-state index contributed by atoms with van der Waals surface area (Å²) >= 11 is 0. The van der Waals surface area contributed by atoms with E-state index in [9.17, 15) is 13.2 Å². The van der Waals surface area contributed by atoms with E-state index in [4.69, 9.17) is 4.74 Å². The van der Waals surface area contributed by atoms with Gasteiger partial charge in [0.15, 0.2) is 0 Å². The summed E-state index contributed by atoms with van der Waals surface area (Å²) in [7, 11) is -3.46. The maximum Gasteiger partial charge on any atom is 0.232 e. The summed E-state index contributed by atoms with van der Waals surface area (Å²) in [5.41, 5.74) is 5.24. The number of hydrogen-bond donors (Lipinski definition) is 1. The summed E-state index contributed by atoms with van der Waals surface area (Å²) in [5.74, 6) is 0.597. The zero-order chi connectivity index (χ0) is 23.2. The summed E-state index contributed by atoms with van der Waals surface area (Å²) in [4.78, 5) is 12.5. The first-order chi connectivity index (χ1) is 14.5. The number of amides is 1. The molecule has 1 amide bonds. The Morgan fingerprint density at radius 2 is 1.68 bits per heavy atom. The number of sulfonamides is 1. The molecule has 31 heavy (non-hydrogen) atoms. The molecule has 2 aromatic carbocycles. The molecule has 0 radical (unpaired) electrons. The Labute approximate surface area is 186 Å². The number of rotatable bonds is 10. The van der Waals surface area contributed by atoms with Gasteiger partial charge in [-0.25, -0.2) is 8.42 Å². The van der Waals surface area contributed by atoms with Crippen LogP contribution in [0, 0.1) is 20.8 Å². The second kappa shape index (κ2) is 10.7. The predicted octanol–water partition coefficient (Wildman–Crippen LogP) is 4.43. The largest absolute Gasteiger partial charge is 0.494 e. The molecular formula is C24H34N2O4S. The first kappa shape index (κ1) is 24.7.